The smallest absolute Gasteiger partial charge is 0.374 e. The van der Waals surface area contributed by atoms with Crippen LogP contribution in [0.1, 0.15) is 31.5 Å². The van der Waals surface area contributed by atoms with Crippen molar-refractivity contribution in [3.05, 3.63) is 101 Å². The number of carbonyl (C=O) groups excluding carboxylic acids is 2. The highest BCUT2D eigenvalue weighted by Crippen LogP contribution is 2.59. The summed E-state index contributed by atoms with van der Waals surface area (Å²) in [6.45, 7) is 3.27. The molecular formula is C25H24NO6P. The van der Waals surface area contributed by atoms with Gasteiger partial charge in [0.1, 0.15) is 0 Å². The zero-order valence-corrected chi connectivity index (χ0v) is 19.2. The van der Waals surface area contributed by atoms with Gasteiger partial charge in [-0.05, 0) is 19.4 Å². The summed E-state index contributed by atoms with van der Waals surface area (Å²) in [7, 11) is -3.52. The number of nitro groups is 1. The molecule has 3 aromatic rings. The van der Waals surface area contributed by atoms with Gasteiger partial charge >= 0.3 is 5.97 Å². The Morgan fingerprint density at radius 1 is 0.879 bits per heavy atom. The fourth-order valence-electron chi connectivity index (χ4n) is 3.62. The van der Waals surface area contributed by atoms with Crippen LogP contribution in [0.2, 0.25) is 0 Å². The molecular weight excluding hydrogens is 441 g/mol. The van der Waals surface area contributed by atoms with E-state index in [2.05, 4.69) is 0 Å². The lowest BCUT2D eigenvalue weighted by Gasteiger charge is -2.29. The number of ether oxygens (including phenoxy) is 1. The number of rotatable bonds is 9. The summed E-state index contributed by atoms with van der Waals surface area (Å²) in [6, 6.07) is 23.1. The van der Waals surface area contributed by atoms with E-state index in [4.69, 9.17) is 4.74 Å². The Balaban J connectivity index is 2.18. The minimum Gasteiger partial charge on any atom is -0.457 e. The molecule has 0 spiro atoms. The van der Waals surface area contributed by atoms with E-state index < -0.39 is 35.6 Å². The molecule has 170 valence electrons. The fourth-order valence-corrected chi connectivity index (χ4v) is 6.88. The van der Waals surface area contributed by atoms with Gasteiger partial charge in [-0.3, -0.25) is 14.9 Å². The van der Waals surface area contributed by atoms with Crippen molar-refractivity contribution in [3.8, 4) is 0 Å². The van der Waals surface area contributed by atoms with Crippen molar-refractivity contribution in [2.24, 2.45) is 0 Å². The summed E-state index contributed by atoms with van der Waals surface area (Å²) in [5, 5.41) is 12.2. The highest BCUT2D eigenvalue weighted by molar-refractivity contribution is 7.79. The Morgan fingerprint density at radius 3 is 1.79 bits per heavy atom. The van der Waals surface area contributed by atoms with E-state index in [0.29, 0.717) is 16.2 Å². The first-order valence-corrected chi connectivity index (χ1v) is 12.2. The summed E-state index contributed by atoms with van der Waals surface area (Å²) >= 11 is 0. The van der Waals surface area contributed by atoms with Gasteiger partial charge in [-0.2, -0.15) is 0 Å². The summed E-state index contributed by atoms with van der Waals surface area (Å²) in [4.78, 5) is 35.8. The quantitative estimate of drug-likeness (QED) is 0.151. The number of hydrogen-bond donors (Lipinski definition) is 0. The highest BCUT2D eigenvalue weighted by atomic mass is 31.2. The Morgan fingerprint density at radius 2 is 1.36 bits per heavy atom. The van der Waals surface area contributed by atoms with Crippen LogP contribution < -0.4 is 10.6 Å². The predicted molar refractivity (Wildman–Crippen MR) is 126 cm³/mol. The molecule has 0 saturated carbocycles. The molecule has 3 rings (SSSR count). The van der Waals surface area contributed by atoms with Crippen molar-refractivity contribution in [2.45, 2.75) is 32.0 Å². The number of carbonyl (C=O) groups is 2. The molecule has 0 aromatic heterocycles. The Hall–Kier alpha value is -3.57. The number of hydrogen-bond acceptors (Lipinski definition) is 6. The summed E-state index contributed by atoms with van der Waals surface area (Å²) < 4.78 is 19.9. The third kappa shape index (κ3) is 5.44. The van der Waals surface area contributed by atoms with Crippen molar-refractivity contribution in [2.75, 3.05) is 0 Å². The van der Waals surface area contributed by atoms with Crippen LogP contribution in [0, 0.1) is 10.1 Å². The van der Waals surface area contributed by atoms with Gasteiger partial charge in [-0.1, -0.05) is 72.8 Å². The fraction of sp³-hybridized carbons (Fsp3) is 0.200. The zero-order valence-electron chi connectivity index (χ0n) is 18.3. The van der Waals surface area contributed by atoms with E-state index in [1.54, 1.807) is 74.5 Å². The molecule has 0 N–H and O–H groups in total. The maximum atomic E-state index is 14.9. The van der Waals surface area contributed by atoms with Gasteiger partial charge in [-0.25, -0.2) is 4.79 Å². The first-order valence-electron chi connectivity index (χ1n) is 10.4. The van der Waals surface area contributed by atoms with Crippen LogP contribution >= 0.6 is 7.14 Å². The number of nitro benzene ring substituents is 1. The van der Waals surface area contributed by atoms with E-state index in [1.807, 2.05) is 0 Å². The van der Waals surface area contributed by atoms with Gasteiger partial charge in [-0.15, -0.1) is 0 Å². The van der Waals surface area contributed by atoms with Gasteiger partial charge in [0.25, 0.3) is 5.69 Å². The zero-order chi connectivity index (χ0) is 24.0. The molecule has 1 atom stereocenters. The van der Waals surface area contributed by atoms with E-state index in [1.165, 1.54) is 24.3 Å². The van der Waals surface area contributed by atoms with Gasteiger partial charge in [0.2, 0.25) is 5.78 Å². The molecule has 8 heteroatoms. The van der Waals surface area contributed by atoms with Crippen molar-refractivity contribution in [1.82, 2.24) is 0 Å². The monoisotopic (exact) mass is 465 g/mol. The second kappa shape index (κ2) is 10.4. The minimum atomic E-state index is -3.52. The van der Waals surface area contributed by atoms with Crippen molar-refractivity contribution >= 4 is 35.2 Å². The van der Waals surface area contributed by atoms with E-state index >= 15 is 0 Å². The largest absolute Gasteiger partial charge is 0.457 e. The normalized spacial score (nSPS) is 12.2. The molecule has 33 heavy (non-hydrogen) atoms. The topological polar surface area (TPSA) is 104 Å². The molecule has 0 radical (unpaired) electrons. The lowest BCUT2D eigenvalue weighted by Crippen LogP contribution is -2.27. The maximum absolute atomic E-state index is 14.9. The third-order valence-corrected chi connectivity index (χ3v) is 8.65. The highest BCUT2D eigenvalue weighted by Gasteiger charge is 2.40. The van der Waals surface area contributed by atoms with Crippen LogP contribution in [0.4, 0.5) is 5.69 Å². The van der Waals surface area contributed by atoms with Gasteiger partial charge in [0.15, 0.2) is 7.14 Å². The van der Waals surface area contributed by atoms with Gasteiger partial charge in [0.05, 0.1) is 16.7 Å². The van der Waals surface area contributed by atoms with Crippen LogP contribution in [0.5, 0.6) is 0 Å². The lowest BCUT2D eigenvalue weighted by atomic mass is 10.1. The molecule has 0 saturated heterocycles. The van der Waals surface area contributed by atoms with E-state index in [9.17, 15) is 24.3 Å². The van der Waals surface area contributed by atoms with Gasteiger partial charge in [0, 0.05) is 29.2 Å². The molecule has 0 fully saturated rings. The van der Waals surface area contributed by atoms with Gasteiger partial charge < -0.3 is 9.30 Å². The summed E-state index contributed by atoms with van der Waals surface area (Å²) in [5.41, 5.74) is -0.588. The summed E-state index contributed by atoms with van der Waals surface area (Å²) in [5.74, 6) is -1.80. The number of Topliss-reactive ketones (excluding diaryl/α,β-unsaturated/α-hetero) is 1. The molecule has 1 unspecified atom stereocenters. The molecule has 0 amide bonds. The standard InChI is InChI=1S/C25H24NO6P/c1-18(2)32-25(28)23(27)17-24(19-13-15-20(16-14-19)26(29)30)33(31,21-9-5-3-6-10-21)22-11-7-4-8-12-22/h3-16,18,24H,17H2,1-2H3. The number of non-ortho nitro benzene ring substituents is 1. The SMILES string of the molecule is CC(C)OC(=O)C(=O)CC(c1ccc([N+](=O)[O-])cc1)P(=O)(c1ccccc1)c1ccccc1. The molecule has 0 aliphatic heterocycles. The number of nitrogens with zero attached hydrogens (tertiary/aromatic N) is 1. The molecule has 0 heterocycles. The van der Waals surface area contributed by atoms with Crippen LogP contribution in [0.25, 0.3) is 0 Å². The summed E-state index contributed by atoms with van der Waals surface area (Å²) in [6.07, 6.45) is -0.848. The average molecular weight is 465 g/mol. The number of ketones is 1. The Kier molecular flexibility index (Phi) is 7.56. The first-order chi connectivity index (χ1) is 15.7. The Labute approximate surface area is 191 Å². The molecule has 3 aromatic carbocycles. The van der Waals surface area contributed by atoms with Crippen LogP contribution in [-0.2, 0) is 18.9 Å². The van der Waals surface area contributed by atoms with Crippen molar-refractivity contribution in [1.29, 1.82) is 0 Å². The first kappa shape index (κ1) is 24.1. The number of benzene rings is 3. The third-order valence-electron chi connectivity index (χ3n) is 5.16. The average Bonchev–Trinajstić information content (AvgIpc) is 2.82. The van der Waals surface area contributed by atoms with Crippen LogP contribution in [0.3, 0.4) is 0 Å². The lowest BCUT2D eigenvalue weighted by molar-refractivity contribution is -0.384. The maximum Gasteiger partial charge on any atom is 0.374 e. The minimum absolute atomic E-state index is 0.128. The van der Waals surface area contributed by atoms with Crippen LogP contribution in [-0.4, -0.2) is 22.8 Å². The molecule has 0 aliphatic carbocycles. The molecule has 7 nitrogen and oxygen atoms in total. The Bertz CT molecular complexity index is 1130. The van der Waals surface area contributed by atoms with E-state index in [-0.39, 0.29) is 12.1 Å². The second-order valence-electron chi connectivity index (χ2n) is 7.77. The van der Waals surface area contributed by atoms with Crippen LogP contribution in [0.15, 0.2) is 84.9 Å². The molecule has 0 aliphatic rings. The van der Waals surface area contributed by atoms with Crippen molar-refractivity contribution in [3.63, 3.8) is 0 Å². The number of esters is 1. The van der Waals surface area contributed by atoms with E-state index in [0.717, 1.165) is 0 Å². The van der Waals surface area contributed by atoms with Crippen molar-refractivity contribution < 1.29 is 23.8 Å². The second-order valence-corrected chi connectivity index (χ2v) is 10.7. The predicted octanol–water partition coefficient (Wildman–Crippen LogP) is 4.56. The molecule has 0 bridgehead atoms.